The van der Waals surface area contributed by atoms with E-state index < -0.39 is 31.6 Å². The lowest BCUT2D eigenvalue weighted by Crippen LogP contribution is -2.45. The number of methoxy groups -OCH3 is 1. The first kappa shape index (κ1) is 33.9. The number of amides is 2. The van der Waals surface area contributed by atoms with E-state index in [4.69, 9.17) is 9.47 Å². The van der Waals surface area contributed by atoms with Gasteiger partial charge in [0.25, 0.3) is 11.5 Å². The van der Waals surface area contributed by atoms with Gasteiger partial charge >= 0.3 is 5.97 Å². The fourth-order valence-corrected chi connectivity index (χ4v) is 10.6. The Morgan fingerprint density at radius 2 is 1.94 bits per heavy atom. The number of anilines is 1. The van der Waals surface area contributed by atoms with Gasteiger partial charge in [0.15, 0.2) is 5.60 Å². The lowest BCUT2D eigenvalue weighted by molar-refractivity contribution is -0.150. The summed E-state index contributed by atoms with van der Waals surface area (Å²) in [6.45, 7) is 5.64. The summed E-state index contributed by atoms with van der Waals surface area (Å²) in [5, 5.41) is 15.5. The van der Waals surface area contributed by atoms with Crippen LogP contribution >= 0.6 is 0 Å². The molecule has 1 aromatic heterocycles. The average Bonchev–Trinajstić information content (AvgIpc) is 3.73. The number of nitrogens with zero attached hydrogens (tertiary/aromatic N) is 4. The van der Waals surface area contributed by atoms with Crippen molar-refractivity contribution in [3.05, 3.63) is 64.6 Å². The predicted octanol–water partition coefficient (Wildman–Crippen LogP) is 4.22. The van der Waals surface area contributed by atoms with Gasteiger partial charge in [-0.3, -0.25) is 19.2 Å². The third-order valence-electron chi connectivity index (χ3n) is 10.4. The van der Waals surface area contributed by atoms with E-state index in [9.17, 15) is 24.3 Å². The summed E-state index contributed by atoms with van der Waals surface area (Å²) in [6, 6.07) is 12.1. The molecule has 0 radical (unpaired) electrons. The van der Waals surface area contributed by atoms with Gasteiger partial charge in [0.1, 0.15) is 0 Å². The van der Waals surface area contributed by atoms with Crippen LogP contribution in [0.3, 0.4) is 0 Å². The van der Waals surface area contributed by atoms with E-state index in [1.807, 2.05) is 19.1 Å². The number of unbranched alkanes of at least 4 members (excludes halogenated alkanes) is 1. The summed E-state index contributed by atoms with van der Waals surface area (Å²) in [5.41, 5.74) is -1.13. The van der Waals surface area contributed by atoms with Crippen LogP contribution in [0.2, 0.25) is 18.6 Å². The van der Waals surface area contributed by atoms with Crippen molar-refractivity contribution >= 4 is 42.7 Å². The first-order valence-corrected chi connectivity index (χ1v) is 19.7. The number of carbonyl (C=O) groups is 3. The molecular formula is C35H43FN4O7Si. The van der Waals surface area contributed by atoms with E-state index in [0.29, 0.717) is 53.5 Å². The van der Waals surface area contributed by atoms with Crippen molar-refractivity contribution in [2.24, 2.45) is 5.92 Å². The van der Waals surface area contributed by atoms with Gasteiger partial charge in [-0.25, -0.2) is 0 Å². The highest BCUT2D eigenvalue weighted by molar-refractivity contribution is 6.72. The van der Waals surface area contributed by atoms with Gasteiger partial charge in [-0.1, -0.05) is 25.1 Å². The van der Waals surface area contributed by atoms with E-state index in [-0.39, 0.29) is 55.4 Å². The second-order valence-electron chi connectivity index (χ2n) is 13.7. The normalized spacial score (nSPS) is 25.3. The predicted molar refractivity (Wildman–Crippen MR) is 180 cm³/mol. The number of esters is 1. The van der Waals surface area contributed by atoms with E-state index in [1.165, 1.54) is 11.8 Å². The van der Waals surface area contributed by atoms with Crippen molar-refractivity contribution in [1.82, 2.24) is 14.7 Å². The van der Waals surface area contributed by atoms with Crippen LogP contribution in [0.25, 0.3) is 16.5 Å². The molecule has 0 bridgehead atoms. The Morgan fingerprint density at radius 1 is 1.17 bits per heavy atom. The Bertz CT molecular complexity index is 1790. The topological polar surface area (TPSA) is 131 Å². The third kappa shape index (κ3) is 5.75. The molecule has 13 heteroatoms. The molecule has 0 saturated carbocycles. The lowest BCUT2D eigenvalue weighted by Gasteiger charge is -2.31. The second-order valence-corrected chi connectivity index (χ2v) is 17.5. The number of halogens is 1. The molecule has 48 heavy (non-hydrogen) atoms. The molecule has 5 atom stereocenters. The number of rotatable bonds is 10. The van der Waals surface area contributed by atoms with Crippen LogP contribution in [0.15, 0.2) is 53.5 Å². The van der Waals surface area contributed by atoms with Gasteiger partial charge < -0.3 is 28.5 Å². The Labute approximate surface area is 279 Å². The number of fused-ring (bicyclic) bond motifs is 3. The van der Waals surface area contributed by atoms with Crippen molar-refractivity contribution < 1.29 is 33.1 Å². The van der Waals surface area contributed by atoms with Crippen LogP contribution in [0.1, 0.15) is 51.0 Å². The number of aliphatic hydroxyl groups is 1. The summed E-state index contributed by atoms with van der Waals surface area (Å²) in [5.74, 6) is -1.56. The van der Waals surface area contributed by atoms with E-state index in [1.54, 1.807) is 59.4 Å². The summed E-state index contributed by atoms with van der Waals surface area (Å²) < 4.78 is 29.2. The van der Waals surface area contributed by atoms with Gasteiger partial charge in [0.2, 0.25) is 14.3 Å². The van der Waals surface area contributed by atoms with Gasteiger partial charge in [-0.05, 0) is 63.0 Å². The number of hydrogen-bond donors (Lipinski definition) is 1. The Morgan fingerprint density at radius 3 is 2.67 bits per heavy atom. The van der Waals surface area contributed by atoms with Crippen LogP contribution in [0, 0.1) is 5.92 Å². The van der Waals surface area contributed by atoms with Gasteiger partial charge in [-0.2, -0.15) is 9.78 Å². The maximum Gasteiger partial charge on any atom is 0.305 e. The fourth-order valence-electron chi connectivity index (χ4n) is 8.15. The molecule has 2 aromatic carbocycles. The van der Waals surface area contributed by atoms with Crippen molar-refractivity contribution in [3.63, 3.8) is 0 Å². The van der Waals surface area contributed by atoms with Crippen molar-refractivity contribution in [3.8, 4) is 5.69 Å². The standard InChI is InChI=1S/C35H43FN4O7Si/c1-22-32(48(3,4)36)29(19-30(42)38-17-9-11-25(38)21-41)47-35(22)27-18-24(40-33(44)26-12-6-5-10-23(26)20-37-40)14-15-28(27)39(34(35)45)16-8-7-13-31(43)46-2/h5-6,10,12,14-15,18,20,22,25,29,32,41H,7-9,11,13,16-17,19,21H2,1-4H3/t22-,25-,29+,32-,35+/m0/s1. The highest BCUT2D eigenvalue weighted by Crippen LogP contribution is 2.60. The smallest absolute Gasteiger partial charge is 0.305 e. The molecular weight excluding hydrogens is 635 g/mol. The number of aliphatic hydroxyl groups excluding tert-OH is 1. The molecule has 1 N–H and O–H groups in total. The monoisotopic (exact) mass is 678 g/mol. The van der Waals surface area contributed by atoms with Gasteiger partial charge in [-0.15, -0.1) is 0 Å². The van der Waals surface area contributed by atoms with Crippen LogP contribution in [0.5, 0.6) is 0 Å². The number of benzene rings is 2. The minimum Gasteiger partial charge on any atom is -0.469 e. The zero-order valence-electron chi connectivity index (χ0n) is 27.9. The van der Waals surface area contributed by atoms with Crippen LogP contribution in [-0.2, 0) is 29.5 Å². The highest BCUT2D eigenvalue weighted by Gasteiger charge is 2.67. The maximum absolute atomic E-state index is 16.4. The highest BCUT2D eigenvalue weighted by atomic mass is 28.4. The molecule has 3 aliphatic heterocycles. The van der Waals surface area contributed by atoms with E-state index in [0.717, 1.165) is 6.42 Å². The number of ether oxygens (including phenoxy) is 2. The van der Waals surface area contributed by atoms with Crippen LogP contribution in [-0.4, -0.2) is 84.9 Å². The van der Waals surface area contributed by atoms with E-state index in [2.05, 4.69) is 5.10 Å². The third-order valence-corrected chi connectivity index (χ3v) is 12.9. The summed E-state index contributed by atoms with van der Waals surface area (Å²) in [6.07, 6.45) is 3.30. The minimum absolute atomic E-state index is 0.110. The zero-order chi connectivity index (χ0) is 34.4. The summed E-state index contributed by atoms with van der Waals surface area (Å²) >= 11 is 0. The van der Waals surface area contributed by atoms with Gasteiger partial charge in [0, 0.05) is 41.9 Å². The molecule has 0 aliphatic carbocycles. The zero-order valence-corrected chi connectivity index (χ0v) is 28.9. The van der Waals surface area contributed by atoms with Gasteiger partial charge in [0.05, 0.1) is 55.2 Å². The lowest BCUT2D eigenvalue weighted by atomic mass is 9.82. The maximum atomic E-state index is 16.4. The molecule has 256 valence electrons. The Hall–Kier alpha value is -3.94. The SMILES string of the molecule is COC(=O)CCCCN1C(=O)[C@]2(O[C@H](CC(=O)N3CCC[C@H]3CO)[C@@H]([Si](C)(C)F)[C@@H]2C)c2cc(-n3ncc4ccccc4c3=O)ccc21. The largest absolute Gasteiger partial charge is 0.469 e. The molecule has 2 amide bonds. The molecule has 11 nitrogen and oxygen atoms in total. The molecule has 4 heterocycles. The molecule has 6 rings (SSSR count). The molecule has 3 aromatic rings. The molecule has 0 unspecified atom stereocenters. The minimum atomic E-state index is -3.55. The summed E-state index contributed by atoms with van der Waals surface area (Å²) in [4.78, 5) is 57.0. The first-order valence-electron chi connectivity index (χ1n) is 16.7. The molecule has 1 spiro atoms. The quantitative estimate of drug-likeness (QED) is 0.146. The molecule has 2 saturated heterocycles. The number of hydrogen-bond acceptors (Lipinski definition) is 8. The van der Waals surface area contributed by atoms with Crippen molar-refractivity contribution in [1.29, 1.82) is 0 Å². The molecule has 2 fully saturated rings. The number of carbonyl (C=O) groups excluding carboxylic acids is 3. The Kier molecular flexibility index (Phi) is 9.31. The second kappa shape index (κ2) is 13.2. The van der Waals surface area contributed by atoms with Crippen LogP contribution in [0.4, 0.5) is 9.80 Å². The first-order chi connectivity index (χ1) is 22.9. The van der Waals surface area contributed by atoms with Crippen molar-refractivity contribution in [2.75, 3.05) is 31.7 Å². The summed E-state index contributed by atoms with van der Waals surface area (Å²) in [7, 11) is -2.22. The number of aromatic nitrogens is 2. The number of likely N-dealkylation sites (tertiary alicyclic amines) is 1. The average molecular weight is 679 g/mol. The fraction of sp³-hybridized carbons (Fsp3) is 0.514. The molecule has 3 aliphatic rings. The van der Waals surface area contributed by atoms with Crippen molar-refractivity contribution in [2.45, 2.75) is 81.8 Å². The van der Waals surface area contributed by atoms with E-state index >= 15 is 4.11 Å². The Balaban J connectivity index is 1.43. The van der Waals surface area contributed by atoms with Crippen LogP contribution < -0.4 is 10.5 Å².